The van der Waals surface area contributed by atoms with E-state index in [9.17, 15) is 19.5 Å². The molecule has 2 saturated heterocycles. The van der Waals surface area contributed by atoms with Crippen molar-refractivity contribution in [3.63, 3.8) is 0 Å². The van der Waals surface area contributed by atoms with Crippen LogP contribution in [0.2, 0.25) is 0 Å². The van der Waals surface area contributed by atoms with E-state index in [0.29, 0.717) is 37.1 Å². The molecule has 1 aromatic carbocycles. The molecule has 0 aliphatic carbocycles. The number of hydrogen-bond donors (Lipinski definition) is 1. The van der Waals surface area contributed by atoms with E-state index in [2.05, 4.69) is 11.8 Å². The molecule has 1 amide bonds. The van der Waals surface area contributed by atoms with Gasteiger partial charge < -0.3 is 43.5 Å². The molecule has 12 nitrogen and oxygen atoms in total. The Balaban J connectivity index is 1.95. The molecule has 12 heteroatoms. The van der Waals surface area contributed by atoms with E-state index >= 15 is 0 Å². The third-order valence-electron chi connectivity index (χ3n) is 10.2. The number of methoxy groups -OCH3 is 2. The zero-order valence-corrected chi connectivity index (χ0v) is 31.6. The highest BCUT2D eigenvalue weighted by Crippen LogP contribution is 2.38. The van der Waals surface area contributed by atoms with Gasteiger partial charge in [0.1, 0.15) is 23.9 Å². The monoisotopic (exact) mass is 691 g/mol. The molecule has 0 radical (unpaired) electrons. The molecule has 0 saturated carbocycles. The summed E-state index contributed by atoms with van der Waals surface area (Å²) in [6.07, 6.45) is -1.20. The molecule has 0 aromatic heterocycles. The number of carbonyl (C=O) groups is 3. The summed E-state index contributed by atoms with van der Waals surface area (Å²) in [4.78, 5) is 47.4. The summed E-state index contributed by atoms with van der Waals surface area (Å²) in [6, 6.07) is 6.76. The SMILES string of the molecule is COc1cccc(C(=O)N2CCCN(C)C[C@H](C)C[C@@](C)(OC)[C@H](O[C@@H]3O[C@H](C)C[C@H](N(C)C)[C@H]3O)[C@@H](C)C(=O)C(C)(C)C(=O)OCC2)c1. The first-order valence-electron chi connectivity index (χ1n) is 17.5. The number of amides is 1. The highest BCUT2D eigenvalue weighted by Gasteiger charge is 2.51. The minimum atomic E-state index is -1.54. The number of Topliss-reactive ketones (excluding diaryl/α,β-unsaturated/α-hetero) is 1. The molecule has 278 valence electrons. The number of carbonyl (C=O) groups excluding carboxylic acids is 3. The van der Waals surface area contributed by atoms with Gasteiger partial charge in [-0.25, -0.2) is 0 Å². The number of cyclic esters (lactones) is 1. The van der Waals surface area contributed by atoms with Gasteiger partial charge in [0.15, 0.2) is 12.1 Å². The van der Waals surface area contributed by atoms with Gasteiger partial charge in [-0.1, -0.05) is 19.9 Å². The molecule has 2 heterocycles. The molecule has 1 N–H and O–H groups in total. The van der Waals surface area contributed by atoms with E-state index < -0.39 is 41.4 Å². The van der Waals surface area contributed by atoms with Gasteiger partial charge in [0.05, 0.1) is 31.5 Å². The highest BCUT2D eigenvalue weighted by atomic mass is 16.7. The maximum absolute atomic E-state index is 14.3. The summed E-state index contributed by atoms with van der Waals surface area (Å²) in [7, 11) is 9.01. The van der Waals surface area contributed by atoms with Crippen molar-refractivity contribution in [2.75, 3.05) is 68.1 Å². The third-order valence-corrected chi connectivity index (χ3v) is 10.2. The van der Waals surface area contributed by atoms with Gasteiger partial charge in [-0.05, 0) is 98.8 Å². The van der Waals surface area contributed by atoms with E-state index in [4.69, 9.17) is 23.7 Å². The van der Waals surface area contributed by atoms with Crippen LogP contribution in [-0.2, 0) is 28.5 Å². The molecule has 1 aromatic rings. The van der Waals surface area contributed by atoms with E-state index in [1.165, 1.54) is 0 Å². The van der Waals surface area contributed by atoms with Crippen LogP contribution in [0.3, 0.4) is 0 Å². The molecule has 0 unspecified atom stereocenters. The van der Waals surface area contributed by atoms with E-state index in [0.717, 1.165) is 13.1 Å². The topological polar surface area (TPSA) is 127 Å². The molecular weight excluding hydrogens is 630 g/mol. The molecule has 0 bridgehead atoms. The number of ketones is 1. The molecule has 8 atom stereocenters. The fourth-order valence-electron chi connectivity index (χ4n) is 7.31. The molecule has 2 aliphatic rings. The summed E-state index contributed by atoms with van der Waals surface area (Å²) in [5, 5.41) is 11.4. The lowest BCUT2D eigenvalue weighted by Gasteiger charge is -2.47. The Bertz CT molecular complexity index is 1260. The maximum atomic E-state index is 14.3. The Kier molecular flexibility index (Phi) is 14.6. The van der Waals surface area contributed by atoms with Crippen molar-refractivity contribution >= 4 is 17.7 Å². The second-order valence-corrected chi connectivity index (χ2v) is 15.0. The number of esters is 1. The lowest BCUT2D eigenvalue weighted by atomic mass is 9.74. The lowest BCUT2D eigenvalue weighted by molar-refractivity contribution is -0.295. The normalized spacial score (nSPS) is 33.2. The minimum absolute atomic E-state index is 0.0753. The lowest BCUT2D eigenvalue weighted by Crippen LogP contribution is -2.59. The standard InChI is InChI=1S/C37H61N3O9/c1-24-22-37(6,46-11)32(49-34-30(41)29(38(7)8)20-25(2)48-34)26(3)31(42)36(4,5)35(44)47-19-18-40(17-13-16-39(9)23-24)33(43)27-14-12-15-28(21-27)45-10/h12,14-15,21,24-26,29-30,32,34,41H,13,16-20,22-23H2,1-11H3/t24-,25-,26+,29+,30-,32-,34+,37-/m1/s1. The van der Waals surface area contributed by atoms with Crippen LogP contribution in [-0.4, -0.2) is 142 Å². The summed E-state index contributed by atoms with van der Waals surface area (Å²) in [6.45, 7) is 12.8. The van der Waals surface area contributed by atoms with Gasteiger partial charge in [0.2, 0.25) is 0 Å². The number of ether oxygens (including phenoxy) is 5. The van der Waals surface area contributed by atoms with E-state index in [1.54, 1.807) is 64.2 Å². The first-order valence-corrected chi connectivity index (χ1v) is 17.5. The average molecular weight is 692 g/mol. The van der Waals surface area contributed by atoms with Crippen LogP contribution in [0.5, 0.6) is 5.75 Å². The molecule has 2 aliphatic heterocycles. The number of aliphatic hydroxyl groups excluding tert-OH is 1. The predicted molar refractivity (Wildman–Crippen MR) is 186 cm³/mol. The quantitative estimate of drug-likeness (QED) is 0.348. The smallest absolute Gasteiger partial charge is 0.319 e. The van der Waals surface area contributed by atoms with Gasteiger partial charge >= 0.3 is 5.97 Å². The summed E-state index contributed by atoms with van der Waals surface area (Å²) in [5.41, 5.74) is -2.05. The number of aliphatic hydroxyl groups is 1. The van der Waals surface area contributed by atoms with Gasteiger partial charge in [-0.15, -0.1) is 0 Å². The van der Waals surface area contributed by atoms with Crippen LogP contribution < -0.4 is 4.74 Å². The molecule has 0 spiro atoms. The summed E-state index contributed by atoms with van der Waals surface area (Å²) >= 11 is 0. The highest BCUT2D eigenvalue weighted by molar-refractivity contribution is 6.04. The Hall–Kier alpha value is -2.61. The van der Waals surface area contributed by atoms with Crippen LogP contribution in [0, 0.1) is 17.3 Å². The van der Waals surface area contributed by atoms with Crippen molar-refractivity contribution in [3.8, 4) is 5.75 Å². The summed E-state index contributed by atoms with van der Waals surface area (Å²) in [5.74, 6) is -1.42. The van der Waals surface area contributed by atoms with Gasteiger partial charge in [-0.2, -0.15) is 0 Å². The fourth-order valence-corrected chi connectivity index (χ4v) is 7.31. The molecule has 3 rings (SSSR count). The second kappa shape index (κ2) is 17.5. The Morgan fingerprint density at radius 2 is 1.76 bits per heavy atom. The van der Waals surface area contributed by atoms with Crippen molar-refractivity contribution in [1.82, 2.24) is 14.7 Å². The number of likely N-dealkylation sites (N-methyl/N-ethyl adjacent to an activating group) is 1. The summed E-state index contributed by atoms with van der Waals surface area (Å²) < 4.78 is 30.0. The Labute approximate surface area is 293 Å². The van der Waals surface area contributed by atoms with Crippen LogP contribution in [0.25, 0.3) is 0 Å². The number of hydrogen-bond acceptors (Lipinski definition) is 11. The van der Waals surface area contributed by atoms with Gasteiger partial charge in [0.25, 0.3) is 5.91 Å². The van der Waals surface area contributed by atoms with Crippen LogP contribution in [0.1, 0.15) is 71.2 Å². The largest absolute Gasteiger partial charge is 0.497 e. The van der Waals surface area contributed by atoms with Gasteiger partial charge in [-0.3, -0.25) is 14.4 Å². The van der Waals surface area contributed by atoms with Crippen LogP contribution >= 0.6 is 0 Å². The van der Waals surface area contributed by atoms with Crippen molar-refractivity contribution in [1.29, 1.82) is 0 Å². The minimum Gasteiger partial charge on any atom is -0.497 e. The molecule has 49 heavy (non-hydrogen) atoms. The van der Waals surface area contributed by atoms with Crippen LogP contribution in [0.15, 0.2) is 24.3 Å². The first kappa shape index (κ1) is 40.8. The van der Waals surface area contributed by atoms with Crippen molar-refractivity contribution in [2.24, 2.45) is 17.3 Å². The van der Waals surface area contributed by atoms with Gasteiger partial charge in [0, 0.05) is 37.7 Å². The van der Waals surface area contributed by atoms with Crippen molar-refractivity contribution in [2.45, 2.75) is 97.0 Å². The zero-order valence-electron chi connectivity index (χ0n) is 31.6. The maximum Gasteiger partial charge on any atom is 0.319 e. The van der Waals surface area contributed by atoms with E-state index in [1.807, 2.05) is 39.9 Å². The van der Waals surface area contributed by atoms with Crippen molar-refractivity contribution < 1.29 is 43.2 Å². The van der Waals surface area contributed by atoms with E-state index in [-0.39, 0.29) is 42.9 Å². The predicted octanol–water partition coefficient (Wildman–Crippen LogP) is 3.49. The Morgan fingerprint density at radius 3 is 2.39 bits per heavy atom. The first-order chi connectivity index (χ1) is 22.9. The Morgan fingerprint density at radius 1 is 1.06 bits per heavy atom. The van der Waals surface area contributed by atoms with Crippen LogP contribution in [0.4, 0.5) is 0 Å². The molecular formula is C37H61N3O9. The van der Waals surface area contributed by atoms with Crippen molar-refractivity contribution in [3.05, 3.63) is 29.8 Å². The average Bonchev–Trinajstić information content (AvgIpc) is 3.05. The second-order valence-electron chi connectivity index (χ2n) is 15.0. The number of nitrogens with zero attached hydrogens (tertiary/aromatic N) is 3. The number of rotatable bonds is 6. The number of benzene rings is 1. The molecule has 2 fully saturated rings. The third kappa shape index (κ3) is 10.2. The zero-order chi connectivity index (χ0) is 36.7. The fraction of sp³-hybridized carbons (Fsp3) is 0.757.